The van der Waals surface area contributed by atoms with E-state index in [0.717, 1.165) is 19.5 Å². The van der Waals surface area contributed by atoms with Crippen LogP contribution in [0.25, 0.3) is 0 Å². The van der Waals surface area contributed by atoms with Crippen molar-refractivity contribution in [2.45, 2.75) is 52.2 Å². The molecule has 0 aromatic heterocycles. The van der Waals surface area contributed by atoms with Gasteiger partial charge < -0.3 is 15.0 Å². The molecule has 0 bridgehead atoms. The van der Waals surface area contributed by atoms with Crippen LogP contribution in [-0.4, -0.2) is 50.3 Å². The topological polar surface area (TPSA) is 24.5 Å². The highest BCUT2D eigenvalue weighted by Gasteiger charge is 2.14. The summed E-state index contributed by atoms with van der Waals surface area (Å²) in [6.45, 7) is 12.0. The molecule has 0 amide bonds. The molecule has 0 radical (unpaired) electrons. The van der Waals surface area contributed by atoms with E-state index in [4.69, 9.17) is 4.74 Å². The normalized spacial score (nSPS) is 12.8. The van der Waals surface area contributed by atoms with E-state index in [2.05, 4.69) is 45.0 Å². The molecule has 0 fully saturated rings. The second-order valence-electron chi connectivity index (χ2n) is 5.39. The number of rotatable bonds is 9. The molecule has 3 heteroatoms. The zero-order valence-corrected chi connectivity index (χ0v) is 12.0. The minimum absolute atomic E-state index is 0.00171. The van der Waals surface area contributed by atoms with Gasteiger partial charge in [0.2, 0.25) is 0 Å². The average molecular weight is 230 g/mol. The fourth-order valence-electron chi connectivity index (χ4n) is 1.33. The molecule has 0 unspecified atom stereocenters. The maximum absolute atomic E-state index is 5.37. The first-order chi connectivity index (χ1) is 7.39. The Labute approximate surface area is 102 Å². The van der Waals surface area contributed by atoms with Crippen molar-refractivity contribution in [2.24, 2.45) is 0 Å². The maximum Gasteiger partial charge on any atom is 0.0634 e. The van der Waals surface area contributed by atoms with Crippen LogP contribution in [0.5, 0.6) is 0 Å². The number of hydrogen-bond donors (Lipinski definition) is 1. The monoisotopic (exact) mass is 230 g/mol. The van der Waals surface area contributed by atoms with Crippen LogP contribution < -0.4 is 5.32 Å². The number of nitrogens with zero attached hydrogens (tertiary/aromatic N) is 1. The Kier molecular flexibility index (Phi) is 7.98. The van der Waals surface area contributed by atoms with Gasteiger partial charge in [-0.1, -0.05) is 0 Å². The molecule has 0 heterocycles. The third-order valence-electron chi connectivity index (χ3n) is 3.20. The Morgan fingerprint density at radius 1 is 1.25 bits per heavy atom. The number of methoxy groups -OCH3 is 1. The first-order valence-electron chi connectivity index (χ1n) is 6.35. The minimum atomic E-state index is 0.00171. The number of ether oxygens (including phenoxy) is 1. The van der Waals surface area contributed by atoms with Crippen LogP contribution in [0, 0.1) is 0 Å². The van der Waals surface area contributed by atoms with Crippen LogP contribution >= 0.6 is 0 Å². The van der Waals surface area contributed by atoms with Crippen LogP contribution in [0.2, 0.25) is 0 Å². The van der Waals surface area contributed by atoms with E-state index in [-0.39, 0.29) is 5.60 Å². The second kappa shape index (κ2) is 8.04. The molecule has 0 aliphatic rings. The molecule has 0 saturated heterocycles. The second-order valence-corrected chi connectivity index (χ2v) is 5.39. The summed E-state index contributed by atoms with van der Waals surface area (Å²) < 4.78 is 5.37. The van der Waals surface area contributed by atoms with Crippen molar-refractivity contribution in [1.82, 2.24) is 10.2 Å². The van der Waals surface area contributed by atoms with Crippen molar-refractivity contribution in [3.05, 3.63) is 0 Å². The quantitative estimate of drug-likeness (QED) is 0.614. The molecule has 0 aromatic rings. The lowest BCUT2D eigenvalue weighted by Crippen LogP contribution is -2.32. The van der Waals surface area contributed by atoms with Crippen molar-refractivity contribution >= 4 is 0 Å². The Morgan fingerprint density at radius 3 is 2.38 bits per heavy atom. The van der Waals surface area contributed by atoms with Crippen molar-refractivity contribution < 1.29 is 4.74 Å². The summed E-state index contributed by atoms with van der Waals surface area (Å²) in [6.07, 6.45) is 2.27. The summed E-state index contributed by atoms with van der Waals surface area (Å²) >= 11 is 0. The van der Waals surface area contributed by atoms with E-state index in [0.29, 0.717) is 6.04 Å². The molecular weight excluding hydrogens is 200 g/mol. The molecule has 98 valence electrons. The van der Waals surface area contributed by atoms with E-state index in [9.17, 15) is 0 Å². The Morgan fingerprint density at radius 2 is 1.88 bits per heavy atom. The van der Waals surface area contributed by atoms with Crippen molar-refractivity contribution in [3.63, 3.8) is 0 Å². The Bertz CT molecular complexity index is 169. The zero-order chi connectivity index (χ0) is 12.6. The van der Waals surface area contributed by atoms with Crippen LogP contribution in [0.1, 0.15) is 40.5 Å². The zero-order valence-electron chi connectivity index (χ0n) is 12.0. The maximum atomic E-state index is 5.37. The summed E-state index contributed by atoms with van der Waals surface area (Å²) in [7, 11) is 3.95. The summed E-state index contributed by atoms with van der Waals surface area (Å²) in [5, 5.41) is 3.46. The molecule has 0 aliphatic heterocycles. The lowest BCUT2D eigenvalue weighted by Gasteiger charge is -2.23. The van der Waals surface area contributed by atoms with E-state index < -0.39 is 0 Å². The Balaban J connectivity index is 3.35. The predicted molar refractivity (Wildman–Crippen MR) is 71.0 cm³/mol. The number of nitrogens with one attached hydrogen (secondary N) is 1. The van der Waals surface area contributed by atoms with Gasteiger partial charge in [0.05, 0.1) is 5.60 Å². The van der Waals surface area contributed by atoms with E-state index in [1.165, 1.54) is 13.0 Å². The minimum Gasteiger partial charge on any atom is -0.379 e. The van der Waals surface area contributed by atoms with Gasteiger partial charge in [0.15, 0.2) is 0 Å². The smallest absolute Gasteiger partial charge is 0.0634 e. The standard InChI is InChI=1S/C13H30N2O/c1-12(2)15(5)11-7-9-14-10-8-13(3,4)16-6/h12,14H,7-11H2,1-6H3. The van der Waals surface area contributed by atoms with Gasteiger partial charge in [-0.05, 0) is 67.2 Å². The summed E-state index contributed by atoms with van der Waals surface area (Å²) in [5.41, 5.74) is 0.00171. The molecule has 1 N–H and O–H groups in total. The van der Waals surface area contributed by atoms with Crippen molar-refractivity contribution in [3.8, 4) is 0 Å². The molecule has 3 nitrogen and oxygen atoms in total. The van der Waals surface area contributed by atoms with Gasteiger partial charge in [-0.2, -0.15) is 0 Å². The molecule has 0 rings (SSSR count). The van der Waals surface area contributed by atoms with Gasteiger partial charge in [0.1, 0.15) is 0 Å². The largest absolute Gasteiger partial charge is 0.379 e. The van der Waals surface area contributed by atoms with Gasteiger partial charge in [0, 0.05) is 13.2 Å². The van der Waals surface area contributed by atoms with E-state index in [1.54, 1.807) is 7.11 Å². The fourth-order valence-corrected chi connectivity index (χ4v) is 1.33. The molecule has 0 atom stereocenters. The molecule has 16 heavy (non-hydrogen) atoms. The molecule has 0 aromatic carbocycles. The lowest BCUT2D eigenvalue weighted by atomic mass is 10.1. The number of hydrogen-bond acceptors (Lipinski definition) is 3. The molecule has 0 aliphatic carbocycles. The van der Waals surface area contributed by atoms with E-state index in [1.807, 2.05) is 0 Å². The van der Waals surface area contributed by atoms with Crippen molar-refractivity contribution in [2.75, 3.05) is 33.8 Å². The first-order valence-corrected chi connectivity index (χ1v) is 6.35. The highest BCUT2D eigenvalue weighted by Crippen LogP contribution is 2.11. The van der Waals surface area contributed by atoms with Crippen LogP contribution in [0.15, 0.2) is 0 Å². The predicted octanol–water partition coefficient (Wildman–Crippen LogP) is 2.12. The SMILES string of the molecule is COC(C)(C)CCNCCCN(C)C(C)C. The Hall–Kier alpha value is -0.120. The summed E-state index contributed by atoms with van der Waals surface area (Å²) in [5.74, 6) is 0. The fraction of sp³-hybridized carbons (Fsp3) is 1.00. The van der Waals surface area contributed by atoms with Gasteiger partial charge in [-0.3, -0.25) is 0 Å². The lowest BCUT2D eigenvalue weighted by molar-refractivity contribution is 0.0159. The highest BCUT2D eigenvalue weighted by molar-refractivity contribution is 4.69. The third kappa shape index (κ3) is 8.08. The summed E-state index contributed by atoms with van der Waals surface area (Å²) in [6, 6.07) is 0.646. The molecule has 0 saturated carbocycles. The molecule has 0 spiro atoms. The van der Waals surface area contributed by atoms with Crippen LogP contribution in [-0.2, 0) is 4.74 Å². The van der Waals surface area contributed by atoms with Gasteiger partial charge in [-0.25, -0.2) is 0 Å². The van der Waals surface area contributed by atoms with E-state index >= 15 is 0 Å². The molecular formula is C13H30N2O. The first kappa shape index (κ1) is 15.9. The van der Waals surface area contributed by atoms with Crippen LogP contribution in [0.4, 0.5) is 0 Å². The van der Waals surface area contributed by atoms with Crippen molar-refractivity contribution in [1.29, 1.82) is 0 Å². The van der Waals surface area contributed by atoms with Gasteiger partial charge >= 0.3 is 0 Å². The van der Waals surface area contributed by atoms with Gasteiger partial charge in [0.25, 0.3) is 0 Å². The third-order valence-corrected chi connectivity index (χ3v) is 3.20. The summed E-state index contributed by atoms with van der Waals surface area (Å²) in [4.78, 5) is 2.38. The van der Waals surface area contributed by atoms with Crippen LogP contribution in [0.3, 0.4) is 0 Å². The van der Waals surface area contributed by atoms with Gasteiger partial charge in [-0.15, -0.1) is 0 Å². The average Bonchev–Trinajstić information content (AvgIpc) is 2.22. The highest BCUT2D eigenvalue weighted by atomic mass is 16.5.